The van der Waals surface area contributed by atoms with Crippen molar-refractivity contribution in [2.24, 2.45) is 0 Å². The highest BCUT2D eigenvalue weighted by atomic mass is 32.2. The number of carboxylic acids is 1. The van der Waals surface area contributed by atoms with E-state index >= 15 is 0 Å². The van der Waals surface area contributed by atoms with Gasteiger partial charge in [-0.05, 0) is 25.5 Å². The minimum absolute atomic E-state index is 0.105. The Morgan fingerprint density at radius 3 is 2.17 bits per heavy atom. The molecule has 8 nitrogen and oxygen atoms in total. The number of piperazine rings is 1. The Morgan fingerprint density at radius 1 is 1.20 bits per heavy atom. The van der Waals surface area contributed by atoms with Crippen LogP contribution in [0.25, 0.3) is 0 Å². The third kappa shape index (κ3) is 7.26. The summed E-state index contributed by atoms with van der Waals surface area (Å²) < 4.78 is 58.7. The molecule has 0 aliphatic carbocycles. The van der Waals surface area contributed by atoms with Crippen molar-refractivity contribution in [1.82, 2.24) is 14.5 Å². The zero-order valence-corrected chi connectivity index (χ0v) is 17.8. The van der Waals surface area contributed by atoms with Crippen molar-refractivity contribution in [2.75, 3.05) is 39.3 Å². The molecule has 0 bridgehead atoms. The van der Waals surface area contributed by atoms with Crippen LogP contribution in [-0.4, -0.2) is 80.1 Å². The molecule has 0 saturated carbocycles. The second-order valence-corrected chi connectivity index (χ2v) is 8.54. The number of aliphatic carboxylic acids is 1. The lowest BCUT2D eigenvalue weighted by atomic mass is 10.2. The maximum atomic E-state index is 12.9. The van der Waals surface area contributed by atoms with E-state index in [2.05, 4.69) is 5.32 Å². The molecule has 1 aliphatic rings. The van der Waals surface area contributed by atoms with Gasteiger partial charge >= 0.3 is 12.1 Å². The molecule has 1 aliphatic heterocycles. The maximum absolute atomic E-state index is 12.9. The van der Waals surface area contributed by atoms with Gasteiger partial charge in [0.15, 0.2) is 0 Å². The molecule has 1 amide bonds. The van der Waals surface area contributed by atoms with E-state index in [-0.39, 0.29) is 23.9 Å². The number of carbonyl (C=O) groups is 2. The summed E-state index contributed by atoms with van der Waals surface area (Å²) in [6.45, 7) is 8.38. The number of sulfonamides is 1. The maximum Gasteiger partial charge on any atom is 0.490 e. The second kappa shape index (κ2) is 10.7. The van der Waals surface area contributed by atoms with Gasteiger partial charge in [-0.3, -0.25) is 4.79 Å². The normalized spacial score (nSPS) is 14.8. The SMILES string of the molecule is CCN(CC(=O)N1CCNCC1)S(=O)(=O)c1ccc(C)cc1C.O=C(O)C(F)(F)F. The van der Waals surface area contributed by atoms with Gasteiger partial charge in [0.2, 0.25) is 15.9 Å². The Kier molecular flexibility index (Phi) is 9.25. The van der Waals surface area contributed by atoms with Crippen molar-refractivity contribution in [1.29, 1.82) is 0 Å². The van der Waals surface area contributed by atoms with Crippen LogP contribution in [0, 0.1) is 13.8 Å². The van der Waals surface area contributed by atoms with Crippen molar-refractivity contribution in [3.8, 4) is 0 Å². The lowest BCUT2D eigenvalue weighted by Crippen LogP contribution is -2.50. The number of likely N-dealkylation sites (N-methyl/N-ethyl adjacent to an activating group) is 1. The van der Waals surface area contributed by atoms with Gasteiger partial charge in [-0.2, -0.15) is 17.5 Å². The zero-order chi connectivity index (χ0) is 23.1. The number of carboxylic acid groups (broad SMARTS) is 1. The van der Waals surface area contributed by atoms with Gasteiger partial charge in [-0.25, -0.2) is 13.2 Å². The number of nitrogens with zero attached hydrogens (tertiary/aromatic N) is 2. The Balaban J connectivity index is 0.000000553. The molecule has 1 heterocycles. The fourth-order valence-electron chi connectivity index (χ4n) is 2.76. The molecule has 2 N–H and O–H groups in total. The molecule has 0 spiro atoms. The quantitative estimate of drug-likeness (QED) is 0.698. The fraction of sp³-hybridized carbons (Fsp3) is 0.556. The van der Waals surface area contributed by atoms with Crippen molar-refractivity contribution in [3.63, 3.8) is 0 Å². The number of hydrogen-bond acceptors (Lipinski definition) is 5. The Hall–Kier alpha value is -2.18. The summed E-state index contributed by atoms with van der Waals surface area (Å²) in [5, 5.41) is 10.3. The summed E-state index contributed by atoms with van der Waals surface area (Å²) >= 11 is 0. The number of aryl methyl sites for hydroxylation is 2. The van der Waals surface area contributed by atoms with E-state index in [0.29, 0.717) is 18.7 Å². The Bertz CT molecular complexity index is 853. The molecule has 0 unspecified atom stereocenters. The van der Waals surface area contributed by atoms with Gasteiger partial charge < -0.3 is 15.3 Å². The van der Waals surface area contributed by atoms with Gasteiger partial charge in [-0.1, -0.05) is 24.6 Å². The Labute approximate surface area is 173 Å². The van der Waals surface area contributed by atoms with Crippen LogP contribution in [0.5, 0.6) is 0 Å². The number of amides is 1. The number of halogens is 3. The molecule has 1 aromatic rings. The van der Waals surface area contributed by atoms with Crippen molar-refractivity contribution < 1.29 is 36.3 Å². The van der Waals surface area contributed by atoms with Crippen molar-refractivity contribution in [2.45, 2.75) is 31.8 Å². The summed E-state index contributed by atoms with van der Waals surface area (Å²) in [6.07, 6.45) is -5.08. The van der Waals surface area contributed by atoms with Crippen LogP contribution in [0.4, 0.5) is 13.2 Å². The second-order valence-electron chi connectivity index (χ2n) is 6.63. The molecule has 0 atom stereocenters. The third-order valence-corrected chi connectivity index (χ3v) is 6.41. The first-order chi connectivity index (χ1) is 13.8. The topological polar surface area (TPSA) is 107 Å². The van der Waals surface area contributed by atoms with Crippen LogP contribution in [0.15, 0.2) is 23.1 Å². The number of hydrogen-bond donors (Lipinski definition) is 2. The minimum atomic E-state index is -5.08. The number of alkyl halides is 3. The van der Waals surface area contributed by atoms with Gasteiger partial charge in [0.1, 0.15) is 0 Å². The van der Waals surface area contributed by atoms with Gasteiger partial charge in [0, 0.05) is 32.7 Å². The van der Waals surface area contributed by atoms with E-state index < -0.39 is 22.2 Å². The molecule has 2 rings (SSSR count). The predicted octanol–water partition coefficient (Wildman–Crippen LogP) is 1.38. The summed E-state index contributed by atoms with van der Waals surface area (Å²) in [7, 11) is -3.66. The van der Waals surface area contributed by atoms with E-state index in [0.717, 1.165) is 18.7 Å². The van der Waals surface area contributed by atoms with Crippen LogP contribution in [0.1, 0.15) is 18.1 Å². The smallest absolute Gasteiger partial charge is 0.475 e. The highest BCUT2D eigenvalue weighted by Gasteiger charge is 2.38. The molecule has 1 saturated heterocycles. The first-order valence-corrected chi connectivity index (χ1v) is 10.6. The molecule has 170 valence electrons. The first-order valence-electron chi connectivity index (χ1n) is 9.16. The lowest BCUT2D eigenvalue weighted by Gasteiger charge is -2.30. The highest BCUT2D eigenvalue weighted by molar-refractivity contribution is 7.89. The van der Waals surface area contributed by atoms with E-state index in [1.165, 1.54) is 4.31 Å². The molecule has 1 aromatic carbocycles. The van der Waals surface area contributed by atoms with E-state index in [9.17, 15) is 26.4 Å². The molecule has 30 heavy (non-hydrogen) atoms. The average molecular weight is 453 g/mol. The third-order valence-electron chi connectivity index (χ3n) is 4.32. The molecule has 0 aromatic heterocycles. The number of nitrogens with one attached hydrogen (secondary N) is 1. The van der Waals surface area contributed by atoms with Crippen molar-refractivity contribution in [3.05, 3.63) is 29.3 Å². The van der Waals surface area contributed by atoms with Crippen LogP contribution in [0.2, 0.25) is 0 Å². The largest absolute Gasteiger partial charge is 0.490 e. The van der Waals surface area contributed by atoms with Gasteiger partial charge in [0.25, 0.3) is 0 Å². The molecule has 12 heteroatoms. The van der Waals surface area contributed by atoms with Crippen LogP contribution in [-0.2, 0) is 19.6 Å². The lowest BCUT2D eigenvalue weighted by molar-refractivity contribution is -0.192. The molecule has 1 fully saturated rings. The molecular formula is C18H26F3N3O5S. The summed E-state index contributed by atoms with van der Waals surface area (Å²) in [5.74, 6) is -2.89. The predicted molar refractivity (Wildman–Crippen MR) is 103 cm³/mol. The van der Waals surface area contributed by atoms with E-state index in [4.69, 9.17) is 9.90 Å². The first kappa shape index (κ1) is 25.9. The monoisotopic (exact) mass is 453 g/mol. The van der Waals surface area contributed by atoms with Crippen LogP contribution < -0.4 is 5.32 Å². The standard InChI is InChI=1S/C16H25N3O3S.C2HF3O2/c1-4-19(12-16(20)18-9-7-17-8-10-18)23(21,22)15-6-5-13(2)11-14(15)3;3-2(4,5)1(6)7/h5-6,11,17H,4,7-10,12H2,1-3H3;(H,6,7). The highest BCUT2D eigenvalue weighted by Crippen LogP contribution is 2.21. The van der Waals surface area contributed by atoms with Crippen molar-refractivity contribution >= 4 is 21.9 Å². The van der Waals surface area contributed by atoms with Gasteiger partial charge in [0.05, 0.1) is 11.4 Å². The van der Waals surface area contributed by atoms with E-state index in [1.54, 1.807) is 30.9 Å². The number of carbonyl (C=O) groups excluding carboxylic acids is 1. The van der Waals surface area contributed by atoms with Crippen LogP contribution in [0.3, 0.4) is 0 Å². The molecule has 0 radical (unpaired) electrons. The average Bonchev–Trinajstić information content (AvgIpc) is 2.65. The zero-order valence-electron chi connectivity index (χ0n) is 17.0. The van der Waals surface area contributed by atoms with E-state index in [1.807, 2.05) is 13.0 Å². The summed E-state index contributed by atoms with van der Waals surface area (Å²) in [6, 6.07) is 5.25. The summed E-state index contributed by atoms with van der Waals surface area (Å²) in [5.41, 5.74) is 1.72. The Morgan fingerprint density at radius 2 is 1.73 bits per heavy atom. The number of benzene rings is 1. The minimum Gasteiger partial charge on any atom is -0.475 e. The fourth-order valence-corrected chi connectivity index (χ4v) is 4.36. The molecular weight excluding hydrogens is 427 g/mol. The van der Waals surface area contributed by atoms with Gasteiger partial charge in [-0.15, -0.1) is 0 Å². The summed E-state index contributed by atoms with van der Waals surface area (Å²) in [4.78, 5) is 23.3. The van der Waals surface area contributed by atoms with Crippen LogP contribution >= 0.6 is 0 Å². The number of rotatable bonds is 5.